The van der Waals surface area contributed by atoms with Gasteiger partial charge < -0.3 is 15.2 Å². The Morgan fingerprint density at radius 2 is 2.05 bits per heavy atom. The largest absolute Gasteiger partial charge is 0.393 e. The molecule has 2 aromatic rings. The molecule has 8 heteroatoms. The van der Waals surface area contributed by atoms with E-state index >= 15 is 0 Å². The Bertz CT molecular complexity index is 652. The fraction of sp³-hybridized carbons (Fsp3) is 0.286. The van der Waals surface area contributed by atoms with E-state index in [-0.39, 0.29) is 17.8 Å². The molecule has 0 unspecified atom stereocenters. The molecule has 0 atom stereocenters. The number of hydrogen-bond donors (Lipinski definition) is 2. The third-order valence-electron chi connectivity index (χ3n) is 2.98. The molecule has 22 heavy (non-hydrogen) atoms. The van der Waals surface area contributed by atoms with Gasteiger partial charge >= 0.3 is 12.2 Å². The molecule has 0 fully saturated rings. The van der Waals surface area contributed by atoms with Gasteiger partial charge in [-0.25, -0.2) is 9.78 Å². The molecule has 0 radical (unpaired) electrons. The van der Waals surface area contributed by atoms with Gasteiger partial charge in [-0.3, -0.25) is 0 Å². The minimum atomic E-state index is -4.33. The fourth-order valence-electron chi connectivity index (χ4n) is 1.91. The highest BCUT2D eigenvalue weighted by molar-refractivity contribution is 5.90. The predicted molar refractivity (Wildman–Crippen MR) is 75.3 cm³/mol. The van der Waals surface area contributed by atoms with Crippen molar-refractivity contribution in [3.05, 3.63) is 48.0 Å². The Morgan fingerprint density at radius 1 is 1.32 bits per heavy atom. The first-order chi connectivity index (χ1) is 10.3. The standard InChI is InChI=1S/C14H15F3N4O/c1-21-7-6-18-12(21)9-19-13(22)20-11-5-3-2-4-10(11)8-14(15,16)17/h2-7H,8-9H2,1H3,(H2,19,20,22). The Labute approximate surface area is 125 Å². The molecule has 1 heterocycles. The Kier molecular flexibility index (Phi) is 4.69. The lowest BCUT2D eigenvalue weighted by Crippen LogP contribution is -2.30. The quantitative estimate of drug-likeness (QED) is 0.912. The average molecular weight is 312 g/mol. The number of rotatable bonds is 4. The van der Waals surface area contributed by atoms with Crippen LogP contribution in [0.1, 0.15) is 11.4 Å². The molecule has 0 aliphatic heterocycles. The monoisotopic (exact) mass is 312 g/mol. The SMILES string of the molecule is Cn1ccnc1CNC(=O)Nc1ccccc1CC(F)(F)F. The van der Waals surface area contributed by atoms with E-state index in [0.717, 1.165) is 0 Å². The highest BCUT2D eigenvalue weighted by atomic mass is 19.4. The predicted octanol–water partition coefficient (Wildman–Crippen LogP) is 2.85. The maximum Gasteiger partial charge on any atom is 0.393 e. The number of aromatic nitrogens is 2. The molecule has 5 nitrogen and oxygen atoms in total. The van der Waals surface area contributed by atoms with Crippen LogP contribution in [0.15, 0.2) is 36.7 Å². The smallest absolute Gasteiger partial charge is 0.337 e. The molecule has 1 aromatic heterocycles. The summed E-state index contributed by atoms with van der Waals surface area (Å²) in [5, 5.41) is 4.98. The van der Waals surface area contributed by atoms with Crippen LogP contribution >= 0.6 is 0 Å². The van der Waals surface area contributed by atoms with Gasteiger partial charge in [0.2, 0.25) is 0 Å². The summed E-state index contributed by atoms with van der Waals surface area (Å²) in [5.74, 6) is 0.638. The maximum atomic E-state index is 12.5. The van der Waals surface area contributed by atoms with Crippen LogP contribution in [-0.2, 0) is 20.0 Å². The van der Waals surface area contributed by atoms with E-state index in [2.05, 4.69) is 15.6 Å². The van der Waals surface area contributed by atoms with Crippen LogP contribution in [-0.4, -0.2) is 21.8 Å². The average Bonchev–Trinajstić information content (AvgIpc) is 2.83. The highest BCUT2D eigenvalue weighted by Crippen LogP contribution is 2.25. The number of benzene rings is 1. The summed E-state index contributed by atoms with van der Waals surface area (Å²) < 4.78 is 39.2. The summed E-state index contributed by atoms with van der Waals surface area (Å²) in [6.45, 7) is 0.177. The van der Waals surface area contributed by atoms with Crippen LogP contribution in [0.5, 0.6) is 0 Å². The minimum Gasteiger partial charge on any atom is -0.337 e. The normalized spacial score (nSPS) is 11.3. The van der Waals surface area contributed by atoms with Crippen molar-refractivity contribution in [1.29, 1.82) is 0 Å². The Hall–Kier alpha value is -2.51. The first kappa shape index (κ1) is 15.9. The van der Waals surface area contributed by atoms with Crippen molar-refractivity contribution in [1.82, 2.24) is 14.9 Å². The lowest BCUT2D eigenvalue weighted by molar-refractivity contribution is -0.127. The number of alkyl halides is 3. The fourth-order valence-corrected chi connectivity index (χ4v) is 1.91. The van der Waals surface area contributed by atoms with Gasteiger partial charge in [-0.05, 0) is 11.6 Å². The molecule has 0 saturated heterocycles. The molecule has 0 bridgehead atoms. The number of halogens is 3. The second-order valence-electron chi connectivity index (χ2n) is 4.71. The lowest BCUT2D eigenvalue weighted by Gasteiger charge is -2.13. The number of amides is 2. The van der Waals surface area contributed by atoms with Crippen LogP contribution in [0.25, 0.3) is 0 Å². The number of hydrogen-bond acceptors (Lipinski definition) is 2. The molecule has 2 amide bonds. The van der Waals surface area contributed by atoms with E-state index in [1.807, 2.05) is 0 Å². The van der Waals surface area contributed by atoms with E-state index in [4.69, 9.17) is 0 Å². The number of carbonyl (C=O) groups is 1. The van der Waals surface area contributed by atoms with Crippen molar-refractivity contribution >= 4 is 11.7 Å². The first-order valence-corrected chi connectivity index (χ1v) is 6.51. The molecule has 0 spiro atoms. The second-order valence-corrected chi connectivity index (χ2v) is 4.71. The number of nitrogens with zero attached hydrogens (tertiary/aromatic N) is 2. The third kappa shape index (κ3) is 4.51. The zero-order valence-electron chi connectivity index (χ0n) is 11.8. The van der Waals surface area contributed by atoms with E-state index < -0.39 is 18.6 Å². The number of aryl methyl sites for hydroxylation is 1. The summed E-state index contributed by atoms with van der Waals surface area (Å²) in [6, 6.07) is 5.24. The van der Waals surface area contributed by atoms with Gasteiger partial charge in [0.1, 0.15) is 5.82 Å². The van der Waals surface area contributed by atoms with Gasteiger partial charge in [0.15, 0.2) is 0 Å². The highest BCUT2D eigenvalue weighted by Gasteiger charge is 2.28. The van der Waals surface area contributed by atoms with Gasteiger partial charge in [-0.2, -0.15) is 13.2 Å². The number of carbonyl (C=O) groups excluding carboxylic acids is 1. The second kappa shape index (κ2) is 6.50. The van der Waals surface area contributed by atoms with Crippen LogP contribution in [0.2, 0.25) is 0 Å². The van der Waals surface area contributed by atoms with Gasteiger partial charge in [-0.15, -0.1) is 0 Å². The van der Waals surface area contributed by atoms with E-state index in [1.165, 1.54) is 18.2 Å². The van der Waals surface area contributed by atoms with Crippen LogP contribution in [0.3, 0.4) is 0 Å². The summed E-state index contributed by atoms with van der Waals surface area (Å²) in [6.07, 6.45) is -2.11. The van der Waals surface area contributed by atoms with E-state index in [9.17, 15) is 18.0 Å². The Morgan fingerprint density at radius 3 is 2.68 bits per heavy atom. The molecule has 0 aliphatic rings. The van der Waals surface area contributed by atoms with Crippen molar-refractivity contribution < 1.29 is 18.0 Å². The Balaban J connectivity index is 1.98. The van der Waals surface area contributed by atoms with E-state index in [0.29, 0.717) is 5.82 Å². The number of para-hydroxylation sites is 1. The molecule has 2 N–H and O–H groups in total. The molecular formula is C14H15F3N4O. The topological polar surface area (TPSA) is 59.0 Å². The molecule has 118 valence electrons. The van der Waals surface area contributed by atoms with Crippen molar-refractivity contribution in [2.24, 2.45) is 7.05 Å². The molecular weight excluding hydrogens is 297 g/mol. The minimum absolute atomic E-state index is 0.0159. The first-order valence-electron chi connectivity index (χ1n) is 6.51. The summed E-state index contributed by atoms with van der Waals surface area (Å²) in [7, 11) is 1.78. The van der Waals surface area contributed by atoms with Crippen LogP contribution in [0.4, 0.5) is 23.7 Å². The maximum absolute atomic E-state index is 12.5. The summed E-state index contributed by atoms with van der Waals surface area (Å²) >= 11 is 0. The van der Waals surface area contributed by atoms with Crippen molar-refractivity contribution in [3.8, 4) is 0 Å². The van der Waals surface area contributed by atoms with Gasteiger partial charge in [0, 0.05) is 25.1 Å². The van der Waals surface area contributed by atoms with Gasteiger partial charge in [0.05, 0.1) is 13.0 Å². The summed E-state index contributed by atoms with van der Waals surface area (Å²) in [4.78, 5) is 15.8. The van der Waals surface area contributed by atoms with Gasteiger partial charge in [-0.1, -0.05) is 18.2 Å². The van der Waals surface area contributed by atoms with E-state index in [1.54, 1.807) is 30.1 Å². The molecule has 2 rings (SSSR count). The number of nitrogens with one attached hydrogen (secondary N) is 2. The number of anilines is 1. The molecule has 0 saturated carbocycles. The van der Waals surface area contributed by atoms with Crippen LogP contribution in [0, 0.1) is 0 Å². The number of imidazole rings is 1. The lowest BCUT2D eigenvalue weighted by atomic mass is 10.1. The van der Waals surface area contributed by atoms with Crippen LogP contribution < -0.4 is 10.6 Å². The summed E-state index contributed by atoms with van der Waals surface area (Å²) in [5.41, 5.74) is 0.152. The zero-order valence-corrected chi connectivity index (χ0v) is 11.8. The van der Waals surface area contributed by atoms with Crippen molar-refractivity contribution in [2.75, 3.05) is 5.32 Å². The van der Waals surface area contributed by atoms with Crippen molar-refractivity contribution in [2.45, 2.75) is 19.1 Å². The van der Waals surface area contributed by atoms with Crippen molar-refractivity contribution in [3.63, 3.8) is 0 Å². The zero-order chi connectivity index (χ0) is 16.2. The van der Waals surface area contributed by atoms with Gasteiger partial charge in [0.25, 0.3) is 0 Å². The third-order valence-corrected chi connectivity index (χ3v) is 2.98. The number of urea groups is 1. The molecule has 1 aromatic carbocycles. The molecule has 0 aliphatic carbocycles.